The molecule has 1 nitrogen and oxygen atoms in total. The molecule has 1 aromatic rings. The minimum Gasteiger partial charge on any atom is -0.275 e. The van der Waals surface area contributed by atoms with E-state index in [9.17, 15) is 0 Å². The van der Waals surface area contributed by atoms with Crippen LogP contribution in [0.15, 0.2) is 35.3 Å². The predicted octanol–water partition coefficient (Wildman–Crippen LogP) is 2.51. The molecule has 0 saturated heterocycles. The van der Waals surface area contributed by atoms with E-state index in [2.05, 4.69) is 17.5 Å². The van der Waals surface area contributed by atoms with Gasteiger partial charge in [-0.15, -0.1) is 11.8 Å². The lowest BCUT2D eigenvalue weighted by atomic mass is 10.2. The Kier molecular flexibility index (Phi) is 4.54. The Morgan fingerprint density at radius 1 is 1.33 bits per heavy atom. The Morgan fingerprint density at radius 2 is 2.08 bits per heavy atom. The first-order valence-electron chi connectivity index (χ1n) is 3.80. The van der Waals surface area contributed by atoms with Gasteiger partial charge in [0, 0.05) is 12.3 Å². The second kappa shape index (κ2) is 5.84. The summed E-state index contributed by atoms with van der Waals surface area (Å²) in [6.07, 6.45) is 0. The van der Waals surface area contributed by atoms with Crippen molar-refractivity contribution < 1.29 is 0 Å². The summed E-state index contributed by atoms with van der Waals surface area (Å²) in [7, 11) is 0. The van der Waals surface area contributed by atoms with E-state index in [1.165, 1.54) is 0 Å². The van der Waals surface area contributed by atoms with Gasteiger partial charge in [-0.2, -0.15) is 0 Å². The summed E-state index contributed by atoms with van der Waals surface area (Å²) in [4.78, 5) is 3.80. The second-order valence-corrected chi connectivity index (χ2v) is 3.19. The van der Waals surface area contributed by atoms with Gasteiger partial charge in [0.25, 0.3) is 0 Å². The van der Waals surface area contributed by atoms with E-state index >= 15 is 0 Å². The Bertz CT molecular complexity index is 225. The molecule has 0 bridgehead atoms. The SMILES string of the molecule is [CH2]c1ccccc1.[C]1=NCCS1. The van der Waals surface area contributed by atoms with Gasteiger partial charge in [0.15, 0.2) is 0 Å². The van der Waals surface area contributed by atoms with Crippen molar-refractivity contribution in [2.75, 3.05) is 12.3 Å². The van der Waals surface area contributed by atoms with Crippen LogP contribution in [-0.2, 0) is 0 Å². The number of benzene rings is 1. The topological polar surface area (TPSA) is 12.4 Å². The summed E-state index contributed by atoms with van der Waals surface area (Å²) in [6, 6.07) is 9.87. The maximum absolute atomic E-state index is 3.80. The summed E-state index contributed by atoms with van der Waals surface area (Å²) < 4.78 is 0. The van der Waals surface area contributed by atoms with Gasteiger partial charge in [-0.1, -0.05) is 30.3 Å². The van der Waals surface area contributed by atoms with Crippen LogP contribution in [0, 0.1) is 6.92 Å². The lowest BCUT2D eigenvalue weighted by Crippen LogP contribution is -1.69. The van der Waals surface area contributed by atoms with Gasteiger partial charge in [-0.3, -0.25) is 4.99 Å². The van der Waals surface area contributed by atoms with Crippen molar-refractivity contribution in [2.45, 2.75) is 0 Å². The molecule has 0 amide bonds. The van der Waals surface area contributed by atoms with E-state index in [1.54, 1.807) is 11.8 Å². The standard InChI is InChI=1S/C7H7.C3H4NS/c1-7-5-3-2-4-6-7;1-2-5-3-4-1/h2-6H,1H2;1-2H2. The van der Waals surface area contributed by atoms with E-state index in [4.69, 9.17) is 0 Å². The van der Waals surface area contributed by atoms with Crippen molar-refractivity contribution in [1.82, 2.24) is 0 Å². The molecule has 0 spiro atoms. The molecule has 2 radical (unpaired) electrons. The maximum atomic E-state index is 3.80. The zero-order valence-corrected chi connectivity index (χ0v) is 7.68. The molecule has 0 saturated carbocycles. The van der Waals surface area contributed by atoms with Gasteiger partial charge in [0.05, 0.1) is 0 Å². The summed E-state index contributed by atoms with van der Waals surface area (Å²) in [6.45, 7) is 4.70. The molecule has 0 N–H and O–H groups in total. The third kappa shape index (κ3) is 4.19. The Labute approximate surface area is 77.9 Å². The first-order valence-corrected chi connectivity index (χ1v) is 4.78. The van der Waals surface area contributed by atoms with Gasteiger partial charge in [0.1, 0.15) is 5.55 Å². The Hall–Kier alpha value is -0.760. The number of thioether (sulfide) groups is 1. The molecule has 0 aliphatic carbocycles. The minimum atomic E-state index is 0.977. The van der Waals surface area contributed by atoms with E-state index in [1.807, 2.05) is 30.3 Å². The van der Waals surface area contributed by atoms with Crippen LogP contribution in [-0.4, -0.2) is 17.8 Å². The molecule has 0 unspecified atom stereocenters. The van der Waals surface area contributed by atoms with Crippen LogP contribution in [0.25, 0.3) is 0 Å². The van der Waals surface area contributed by atoms with Crippen molar-refractivity contribution in [3.63, 3.8) is 0 Å². The molecule has 2 rings (SSSR count). The van der Waals surface area contributed by atoms with Crippen LogP contribution in [0.3, 0.4) is 0 Å². The predicted molar refractivity (Wildman–Crippen MR) is 55.7 cm³/mol. The first-order chi connectivity index (χ1) is 5.89. The summed E-state index contributed by atoms with van der Waals surface area (Å²) in [5, 5.41) is 0. The average Bonchev–Trinajstić information content (AvgIpc) is 2.62. The van der Waals surface area contributed by atoms with Crippen molar-refractivity contribution in [3.8, 4) is 0 Å². The van der Waals surface area contributed by atoms with Crippen LogP contribution in [0.2, 0.25) is 0 Å². The Balaban J connectivity index is 0.000000127. The molecule has 0 aromatic heterocycles. The fourth-order valence-corrected chi connectivity index (χ4v) is 1.16. The van der Waals surface area contributed by atoms with E-state index in [0.717, 1.165) is 17.9 Å². The van der Waals surface area contributed by atoms with E-state index in [-0.39, 0.29) is 0 Å². The molecule has 0 atom stereocenters. The minimum absolute atomic E-state index is 0.977. The summed E-state index contributed by atoms with van der Waals surface area (Å²) >= 11 is 1.66. The molecule has 1 heterocycles. The van der Waals surface area contributed by atoms with Crippen molar-refractivity contribution in [3.05, 3.63) is 42.8 Å². The fraction of sp³-hybridized carbons (Fsp3) is 0.200. The van der Waals surface area contributed by atoms with Gasteiger partial charge >= 0.3 is 0 Å². The number of rotatable bonds is 0. The fourth-order valence-electron chi connectivity index (χ4n) is 0.706. The highest BCUT2D eigenvalue weighted by molar-refractivity contribution is 8.12. The third-order valence-electron chi connectivity index (χ3n) is 1.28. The molecule has 62 valence electrons. The normalized spacial score (nSPS) is 13.8. The van der Waals surface area contributed by atoms with Gasteiger partial charge in [-0.25, -0.2) is 0 Å². The molecule has 1 aromatic carbocycles. The molecule has 12 heavy (non-hydrogen) atoms. The number of aliphatic imine (C=N–C) groups is 1. The average molecular weight is 177 g/mol. The lowest BCUT2D eigenvalue weighted by Gasteiger charge is -1.82. The summed E-state index contributed by atoms with van der Waals surface area (Å²) in [5.41, 5.74) is 3.84. The molecule has 1 aliphatic rings. The van der Waals surface area contributed by atoms with Gasteiger partial charge in [0.2, 0.25) is 0 Å². The number of hydrogen-bond acceptors (Lipinski definition) is 2. The highest BCUT2D eigenvalue weighted by Crippen LogP contribution is 1.99. The zero-order valence-electron chi connectivity index (χ0n) is 6.86. The lowest BCUT2D eigenvalue weighted by molar-refractivity contribution is 1.18. The smallest absolute Gasteiger partial charge is 0.122 e. The van der Waals surface area contributed by atoms with Crippen LogP contribution in [0.5, 0.6) is 0 Å². The van der Waals surface area contributed by atoms with Crippen LogP contribution in [0.4, 0.5) is 0 Å². The second-order valence-electron chi connectivity index (χ2n) is 2.31. The zero-order chi connectivity index (χ0) is 8.65. The van der Waals surface area contributed by atoms with Crippen LogP contribution < -0.4 is 0 Å². The molecule has 2 heteroatoms. The number of nitrogens with zero attached hydrogens (tertiary/aromatic N) is 1. The molecular weight excluding hydrogens is 166 g/mol. The van der Waals surface area contributed by atoms with Crippen molar-refractivity contribution in [2.24, 2.45) is 4.99 Å². The molecule has 1 aliphatic heterocycles. The van der Waals surface area contributed by atoms with E-state index in [0.29, 0.717) is 0 Å². The monoisotopic (exact) mass is 177 g/mol. The maximum Gasteiger partial charge on any atom is 0.122 e. The molecular formula is C10H11NS. The van der Waals surface area contributed by atoms with Crippen molar-refractivity contribution in [1.29, 1.82) is 0 Å². The quantitative estimate of drug-likeness (QED) is 0.593. The van der Waals surface area contributed by atoms with Gasteiger partial charge < -0.3 is 0 Å². The van der Waals surface area contributed by atoms with Crippen LogP contribution in [0.1, 0.15) is 5.56 Å². The largest absolute Gasteiger partial charge is 0.275 e. The van der Waals surface area contributed by atoms with Crippen LogP contribution >= 0.6 is 11.8 Å². The highest BCUT2D eigenvalue weighted by atomic mass is 32.2. The third-order valence-corrected chi connectivity index (χ3v) is 1.92. The Morgan fingerprint density at radius 3 is 2.33 bits per heavy atom. The molecule has 0 fully saturated rings. The van der Waals surface area contributed by atoms with Gasteiger partial charge in [-0.05, 0) is 12.5 Å². The van der Waals surface area contributed by atoms with E-state index < -0.39 is 0 Å². The highest BCUT2D eigenvalue weighted by Gasteiger charge is 1.87. The first kappa shape index (κ1) is 9.33. The summed E-state index contributed by atoms with van der Waals surface area (Å²) in [5.74, 6) is 1.14. The number of hydrogen-bond donors (Lipinski definition) is 0. The van der Waals surface area contributed by atoms with Crippen molar-refractivity contribution >= 4 is 17.3 Å².